The number of ether oxygens (including phenoxy) is 1. The fraction of sp³-hybridized carbons (Fsp3) is 0.176. The van der Waals surface area contributed by atoms with Crippen molar-refractivity contribution in [3.63, 3.8) is 0 Å². The molecule has 0 saturated carbocycles. The topological polar surface area (TPSA) is 60.0 Å². The zero-order chi connectivity index (χ0) is 19.2. The third-order valence-corrected chi connectivity index (χ3v) is 4.09. The standard InChI is InChI=1S/C17H15F4N3OS/c1-25-14-8-7-13(18)15(17(19,20)21)12(14)9-23-24-16(22)26-10-11-5-3-2-4-6-11/h2-9H,10H2,1H3,(H2,22,24). The number of hydrogen-bond acceptors (Lipinski definition) is 4. The van der Waals surface area contributed by atoms with Crippen LogP contribution in [0.2, 0.25) is 0 Å². The minimum absolute atomic E-state index is 0.0639. The van der Waals surface area contributed by atoms with Crippen LogP contribution in [0.15, 0.2) is 52.7 Å². The van der Waals surface area contributed by atoms with Gasteiger partial charge in [0.1, 0.15) is 17.1 Å². The maximum Gasteiger partial charge on any atom is 0.419 e. The number of hydrogen-bond donors (Lipinski definition) is 1. The van der Waals surface area contributed by atoms with Crippen LogP contribution in [-0.2, 0) is 11.9 Å². The molecule has 0 heterocycles. The third-order valence-electron chi connectivity index (χ3n) is 3.23. The van der Waals surface area contributed by atoms with Crippen LogP contribution in [-0.4, -0.2) is 18.5 Å². The van der Waals surface area contributed by atoms with E-state index in [1.807, 2.05) is 30.3 Å². The Bertz CT molecular complexity index is 808. The van der Waals surface area contributed by atoms with Crippen LogP contribution in [0.3, 0.4) is 0 Å². The van der Waals surface area contributed by atoms with Gasteiger partial charge in [-0.15, -0.1) is 5.10 Å². The summed E-state index contributed by atoms with van der Waals surface area (Å²) in [5.41, 5.74) is 4.67. The van der Waals surface area contributed by atoms with Crippen LogP contribution in [0.1, 0.15) is 16.7 Å². The molecule has 0 fully saturated rings. The van der Waals surface area contributed by atoms with Crippen molar-refractivity contribution in [3.8, 4) is 5.75 Å². The maximum absolute atomic E-state index is 13.7. The van der Waals surface area contributed by atoms with E-state index in [4.69, 9.17) is 10.5 Å². The Kier molecular flexibility index (Phi) is 6.62. The second kappa shape index (κ2) is 8.70. The Balaban J connectivity index is 2.20. The first-order valence-electron chi connectivity index (χ1n) is 7.30. The summed E-state index contributed by atoms with van der Waals surface area (Å²) in [7, 11) is 1.18. The molecule has 138 valence electrons. The summed E-state index contributed by atoms with van der Waals surface area (Å²) in [4.78, 5) is 0. The Morgan fingerprint density at radius 2 is 1.88 bits per heavy atom. The summed E-state index contributed by atoms with van der Waals surface area (Å²) >= 11 is 1.17. The van der Waals surface area contributed by atoms with E-state index in [9.17, 15) is 17.6 Å². The van der Waals surface area contributed by atoms with Crippen LogP contribution < -0.4 is 10.5 Å². The lowest BCUT2D eigenvalue weighted by Crippen LogP contribution is -2.13. The van der Waals surface area contributed by atoms with Gasteiger partial charge in [-0.3, -0.25) is 0 Å². The minimum atomic E-state index is -4.91. The average molecular weight is 385 g/mol. The number of rotatable bonds is 5. The molecule has 0 aliphatic rings. The van der Waals surface area contributed by atoms with E-state index >= 15 is 0 Å². The SMILES string of the molecule is COc1ccc(F)c(C(F)(F)F)c1C=NN=C(N)SCc1ccccc1. The number of amidine groups is 1. The van der Waals surface area contributed by atoms with Gasteiger partial charge in [-0.25, -0.2) is 4.39 Å². The summed E-state index contributed by atoms with van der Waals surface area (Å²) in [6.45, 7) is 0. The lowest BCUT2D eigenvalue weighted by atomic mass is 10.1. The van der Waals surface area contributed by atoms with Gasteiger partial charge in [-0.2, -0.15) is 18.3 Å². The third kappa shape index (κ3) is 5.22. The first-order valence-corrected chi connectivity index (χ1v) is 8.28. The number of halogens is 4. The molecule has 26 heavy (non-hydrogen) atoms. The van der Waals surface area contributed by atoms with Gasteiger partial charge >= 0.3 is 6.18 Å². The Labute approximate surface area is 151 Å². The first-order chi connectivity index (χ1) is 12.3. The zero-order valence-electron chi connectivity index (χ0n) is 13.6. The van der Waals surface area contributed by atoms with E-state index in [0.29, 0.717) is 11.8 Å². The summed E-state index contributed by atoms with van der Waals surface area (Å²) in [6, 6.07) is 11.2. The summed E-state index contributed by atoms with van der Waals surface area (Å²) in [6.07, 6.45) is -4.13. The van der Waals surface area contributed by atoms with Crippen LogP contribution in [0, 0.1) is 5.82 Å². The van der Waals surface area contributed by atoms with E-state index in [1.165, 1.54) is 18.9 Å². The van der Waals surface area contributed by atoms with Gasteiger partial charge in [-0.1, -0.05) is 42.1 Å². The van der Waals surface area contributed by atoms with E-state index in [0.717, 1.165) is 17.8 Å². The molecule has 0 aliphatic carbocycles. The van der Waals surface area contributed by atoms with Crippen molar-refractivity contribution in [1.82, 2.24) is 0 Å². The second-order valence-electron chi connectivity index (χ2n) is 4.99. The zero-order valence-corrected chi connectivity index (χ0v) is 14.4. The number of nitrogens with zero attached hydrogens (tertiary/aromatic N) is 2. The van der Waals surface area contributed by atoms with Gasteiger partial charge in [0.2, 0.25) is 0 Å². The number of methoxy groups -OCH3 is 1. The quantitative estimate of drug-likeness (QED) is 0.358. The van der Waals surface area contributed by atoms with Crippen LogP contribution >= 0.6 is 11.8 Å². The predicted molar refractivity (Wildman–Crippen MR) is 94.9 cm³/mol. The molecule has 0 bridgehead atoms. The summed E-state index contributed by atoms with van der Waals surface area (Å²) in [5, 5.41) is 7.26. The Hall–Kier alpha value is -2.55. The van der Waals surface area contributed by atoms with Crippen molar-refractivity contribution in [1.29, 1.82) is 0 Å². The molecule has 0 atom stereocenters. The molecule has 2 aromatic carbocycles. The van der Waals surface area contributed by atoms with Crippen LogP contribution in [0.4, 0.5) is 17.6 Å². The van der Waals surface area contributed by atoms with Crippen LogP contribution in [0.5, 0.6) is 5.75 Å². The molecule has 2 aromatic rings. The van der Waals surface area contributed by atoms with E-state index < -0.39 is 23.1 Å². The molecule has 0 spiro atoms. The molecule has 4 nitrogen and oxygen atoms in total. The molecule has 0 amide bonds. The highest BCUT2D eigenvalue weighted by Gasteiger charge is 2.38. The van der Waals surface area contributed by atoms with Gasteiger partial charge in [0, 0.05) is 5.75 Å². The van der Waals surface area contributed by atoms with Gasteiger partial charge in [0.25, 0.3) is 0 Å². The van der Waals surface area contributed by atoms with Crippen molar-refractivity contribution >= 4 is 23.1 Å². The highest BCUT2D eigenvalue weighted by atomic mass is 32.2. The number of nitrogens with two attached hydrogens (primary N) is 1. The lowest BCUT2D eigenvalue weighted by Gasteiger charge is -2.13. The number of thioether (sulfide) groups is 1. The van der Waals surface area contributed by atoms with Crippen molar-refractivity contribution in [2.45, 2.75) is 11.9 Å². The molecule has 0 unspecified atom stereocenters. The average Bonchev–Trinajstić information content (AvgIpc) is 2.60. The van der Waals surface area contributed by atoms with Gasteiger partial charge in [0.15, 0.2) is 5.17 Å². The smallest absolute Gasteiger partial charge is 0.419 e. The molecule has 9 heteroatoms. The normalized spacial score (nSPS) is 12.6. The van der Waals surface area contributed by atoms with Crippen molar-refractivity contribution in [2.24, 2.45) is 15.9 Å². The Morgan fingerprint density at radius 1 is 1.19 bits per heavy atom. The van der Waals surface area contributed by atoms with Crippen molar-refractivity contribution < 1.29 is 22.3 Å². The fourth-order valence-corrected chi connectivity index (χ4v) is 2.68. The van der Waals surface area contributed by atoms with Gasteiger partial charge in [-0.05, 0) is 17.7 Å². The largest absolute Gasteiger partial charge is 0.496 e. The minimum Gasteiger partial charge on any atom is -0.496 e. The number of alkyl halides is 3. The molecule has 0 aliphatic heterocycles. The van der Waals surface area contributed by atoms with Gasteiger partial charge in [0.05, 0.1) is 18.9 Å². The highest BCUT2D eigenvalue weighted by Crippen LogP contribution is 2.37. The van der Waals surface area contributed by atoms with Crippen LogP contribution in [0.25, 0.3) is 0 Å². The highest BCUT2D eigenvalue weighted by molar-refractivity contribution is 8.13. The monoisotopic (exact) mass is 385 g/mol. The maximum atomic E-state index is 13.7. The number of benzene rings is 2. The molecule has 0 saturated heterocycles. The second-order valence-corrected chi connectivity index (χ2v) is 5.99. The molecular formula is C17H15F4N3OS. The molecule has 2 rings (SSSR count). The summed E-state index contributed by atoms with van der Waals surface area (Å²) < 4.78 is 57.8. The molecule has 2 N–H and O–H groups in total. The predicted octanol–water partition coefficient (Wildman–Crippen LogP) is 4.44. The summed E-state index contributed by atoms with van der Waals surface area (Å²) in [5.74, 6) is -1.06. The molecular weight excluding hydrogens is 370 g/mol. The molecule has 0 aromatic heterocycles. The van der Waals surface area contributed by atoms with Gasteiger partial charge < -0.3 is 10.5 Å². The Morgan fingerprint density at radius 3 is 2.50 bits per heavy atom. The van der Waals surface area contributed by atoms with E-state index in [2.05, 4.69) is 10.2 Å². The molecule has 0 radical (unpaired) electrons. The first kappa shape index (κ1) is 19.8. The van der Waals surface area contributed by atoms with Crippen molar-refractivity contribution in [3.05, 3.63) is 65.0 Å². The van der Waals surface area contributed by atoms with Crippen molar-refractivity contribution in [2.75, 3.05) is 7.11 Å². The van der Waals surface area contributed by atoms with E-state index in [1.54, 1.807) is 0 Å². The van der Waals surface area contributed by atoms with E-state index in [-0.39, 0.29) is 10.9 Å². The fourth-order valence-electron chi connectivity index (χ4n) is 2.07. The lowest BCUT2D eigenvalue weighted by molar-refractivity contribution is -0.140.